The number of benzene rings is 2. The number of nitrogens with one attached hydrogen (secondary N) is 2. The van der Waals surface area contributed by atoms with Crippen LogP contribution in [0.2, 0.25) is 5.02 Å². The van der Waals surface area contributed by atoms with Crippen LogP contribution in [-0.2, 0) is 28.9 Å². The van der Waals surface area contributed by atoms with E-state index in [2.05, 4.69) is 27.4 Å². The molecule has 0 spiro atoms. The Morgan fingerprint density at radius 3 is 2.66 bits per heavy atom. The Hall–Kier alpha value is -3.31. The highest BCUT2D eigenvalue weighted by molar-refractivity contribution is 7.13. The van der Waals surface area contributed by atoms with E-state index in [1.165, 1.54) is 23.5 Å². The van der Waals surface area contributed by atoms with Crippen LogP contribution in [0.5, 0.6) is 0 Å². The molecule has 1 atom stereocenters. The zero-order chi connectivity index (χ0) is 27.2. The molecule has 0 radical (unpaired) electrons. The Kier molecular flexibility index (Phi) is 9.11. The minimum atomic E-state index is -1.11. The van der Waals surface area contributed by atoms with Gasteiger partial charge in [-0.05, 0) is 55.3 Å². The number of nitrogens with zero attached hydrogens (tertiary/aromatic N) is 2. The van der Waals surface area contributed by atoms with Crippen LogP contribution in [0.15, 0.2) is 42.5 Å². The number of carbonyl (C=O) groups is 3. The number of carboxylic acids is 1. The van der Waals surface area contributed by atoms with Crippen molar-refractivity contribution in [3.63, 3.8) is 0 Å². The maximum Gasteiger partial charge on any atom is 0.335 e. The summed E-state index contributed by atoms with van der Waals surface area (Å²) in [5.74, 6) is -1.73. The van der Waals surface area contributed by atoms with Gasteiger partial charge in [-0.2, -0.15) is 0 Å². The van der Waals surface area contributed by atoms with Gasteiger partial charge in [-0.15, -0.1) is 11.3 Å². The normalized spacial score (nSPS) is 14.0. The number of carboxylic acid groups (broad SMARTS) is 1. The molecule has 2 heterocycles. The van der Waals surface area contributed by atoms with Gasteiger partial charge in [-0.1, -0.05) is 17.7 Å². The number of anilines is 2. The third-order valence-electron chi connectivity index (χ3n) is 6.34. The number of aryl methyl sites for hydroxylation is 1. The van der Waals surface area contributed by atoms with Gasteiger partial charge >= 0.3 is 5.97 Å². The molecule has 0 fully saturated rings. The molecule has 9 nitrogen and oxygen atoms in total. The standard InChI is InChI=1S/C27H29ClN4O5S/c1-16(15-37-2)32-12-11-21-23(14-32)38-26(31-21)25(34)30-22-13-18(27(35)36)4-3-17(22)5-10-24(33)29-20-8-6-19(28)7-9-20/h3-4,6-9,13,16H,5,10-12,14-15H2,1-2H3,(H,29,33)(H,30,34)(H,35,36). The van der Waals surface area contributed by atoms with E-state index >= 15 is 0 Å². The number of methoxy groups -OCH3 is 1. The van der Waals surface area contributed by atoms with Crippen LogP contribution < -0.4 is 10.6 Å². The number of rotatable bonds is 10. The third-order valence-corrected chi connectivity index (χ3v) is 7.67. The molecule has 3 N–H and O–H groups in total. The van der Waals surface area contributed by atoms with E-state index in [1.54, 1.807) is 37.4 Å². The number of ether oxygens (including phenoxy) is 1. The average Bonchev–Trinajstić information content (AvgIpc) is 3.33. The minimum absolute atomic E-state index is 0.0378. The van der Waals surface area contributed by atoms with Crippen molar-refractivity contribution < 1.29 is 24.2 Å². The van der Waals surface area contributed by atoms with Crippen LogP contribution in [-0.4, -0.2) is 59.1 Å². The Morgan fingerprint density at radius 2 is 1.95 bits per heavy atom. The van der Waals surface area contributed by atoms with Gasteiger partial charge in [0, 0.05) is 60.4 Å². The largest absolute Gasteiger partial charge is 0.478 e. The Morgan fingerprint density at radius 1 is 1.18 bits per heavy atom. The van der Waals surface area contributed by atoms with Crippen molar-refractivity contribution in [3.8, 4) is 0 Å². The van der Waals surface area contributed by atoms with Crippen molar-refractivity contribution in [1.82, 2.24) is 9.88 Å². The number of aromatic nitrogens is 1. The second-order valence-electron chi connectivity index (χ2n) is 9.10. The maximum absolute atomic E-state index is 13.2. The molecular weight excluding hydrogens is 528 g/mol. The first-order valence-electron chi connectivity index (χ1n) is 12.2. The van der Waals surface area contributed by atoms with Crippen molar-refractivity contribution in [2.45, 2.75) is 38.8 Å². The number of fused-ring (bicyclic) bond motifs is 1. The number of thiazole rings is 1. The van der Waals surface area contributed by atoms with Crippen molar-refractivity contribution in [3.05, 3.63) is 74.2 Å². The summed E-state index contributed by atoms with van der Waals surface area (Å²) in [5, 5.41) is 16.0. The summed E-state index contributed by atoms with van der Waals surface area (Å²) >= 11 is 7.23. The van der Waals surface area contributed by atoms with Gasteiger partial charge in [0.25, 0.3) is 5.91 Å². The highest BCUT2D eigenvalue weighted by Crippen LogP contribution is 2.28. The van der Waals surface area contributed by atoms with Gasteiger partial charge in [0.2, 0.25) is 5.91 Å². The van der Waals surface area contributed by atoms with Crippen LogP contribution in [0, 0.1) is 0 Å². The molecule has 0 saturated heterocycles. The van der Waals surface area contributed by atoms with Crippen LogP contribution in [0.25, 0.3) is 0 Å². The van der Waals surface area contributed by atoms with Crippen molar-refractivity contribution in [2.75, 3.05) is 30.9 Å². The second-order valence-corrected chi connectivity index (χ2v) is 10.6. The number of amides is 2. The molecule has 0 saturated carbocycles. The zero-order valence-corrected chi connectivity index (χ0v) is 22.7. The molecule has 2 amide bonds. The topological polar surface area (TPSA) is 121 Å². The maximum atomic E-state index is 13.2. The smallest absolute Gasteiger partial charge is 0.335 e. The summed E-state index contributed by atoms with van der Waals surface area (Å²) in [6, 6.07) is 11.5. The predicted octanol–water partition coefficient (Wildman–Crippen LogP) is 4.71. The lowest BCUT2D eigenvalue weighted by molar-refractivity contribution is -0.116. The van der Waals surface area contributed by atoms with E-state index < -0.39 is 11.9 Å². The first kappa shape index (κ1) is 27.7. The van der Waals surface area contributed by atoms with Gasteiger partial charge in [-0.3, -0.25) is 14.5 Å². The van der Waals surface area contributed by atoms with E-state index in [0.717, 1.165) is 23.5 Å². The average molecular weight is 557 g/mol. The lowest BCUT2D eigenvalue weighted by Crippen LogP contribution is -2.39. The first-order chi connectivity index (χ1) is 18.2. The minimum Gasteiger partial charge on any atom is -0.478 e. The first-order valence-corrected chi connectivity index (χ1v) is 13.4. The molecule has 38 heavy (non-hydrogen) atoms. The molecule has 4 rings (SSSR count). The van der Waals surface area contributed by atoms with Gasteiger partial charge in [-0.25, -0.2) is 9.78 Å². The van der Waals surface area contributed by atoms with Crippen molar-refractivity contribution in [1.29, 1.82) is 0 Å². The summed E-state index contributed by atoms with van der Waals surface area (Å²) in [6.07, 6.45) is 1.18. The second kappa shape index (κ2) is 12.5. The third kappa shape index (κ3) is 6.96. The molecule has 0 bridgehead atoms. The number of hydrogen-bond donors (Lipinski definition) is 3. The van der Waals surface area contributed by atoms with E-state index in [1.807, 2.05) is 0 Å². The SMILES string of the molecule is COCC(C)N1CCc2nc(C(=O)Nc3cc(C(=O)O)ccc3CCC(=O)Nc3ccc(Cl)cc3)sc2C1. The fourth-order valence-electron chi connectivity index (χ4n) is 4.26. The molecule has 1 unspecified atom stereocenters. The number of hydrogen-bond acceptors (Lipinski definition) is 7. The molecule has 2 aromatic carbocycles. The number of halogens is 1. The molecule has 200 valence electrons. The Bertz CT molecular complexity index is 1330. The van der Waals surface area contributed by atoms with E-state index in [0.29, 0.717) is 46.5 Å². The summed E-state index contributed by atoms with van der Waals surface area (Å²) in [5.41, 5.74) is 2.57. The van der Waals surface area contributed by atoms with Crippen LogP contribution in [0.4, 0.5) is 11.4 Å². The fraction of sp³-hybridized carbons (Fsp3) is 0.333. The molecule has 1 aliphatic heterocycles. The van der Waals surface area contributed by atoms with Crippen LogP contribution in [0.3, 0.4) is 0 Å². The molecule has 0 aliphatic carbocycles. The van der Waals surface area contributed by atoms with Gasteiger partial charge < -0.3 is 20.5 Å². The van der Waals surface area contributed by atoms with Crippen LogP contribution >= 0.6 is 22.9 Å². The van der Waals surface area contributed by atoms with Gasteiger partial charge in [0.05, 0.1) is 17.9 Å². The van der Waals surface area contributed by atoms with E-state index in [-0.39, 0.29) is 23.9 Å². The molecule has 1 aliphatic rings. The zero-order valence-electron chi connectivity index (χ0n) is 21.1. The monoisotopic (exact) mass is 556 g/mol. The molecule has 1 aromatic heterocycles. The summed E-state index contributed by atoms with van der Waals surface area (Å²) in [4.78, 5) is 45.1. The molecular formula is C27H29ClN4O5S. The lowest BCUT2D eigenvalue weighted by Gasteiger charge is -2.31. The van der Waals surface area contributed by atoms with Gasteiger partial charge in [0.1, 0.15) is 0 Å². The predicted molar refractivity (Wildman–Crippen MR) is 147 cm³/mol. The highest BCUT2D eigenvalue weighted by atomic mass is 35.5. The van der Waals surface area contributed by atoms with E-state index in [9.17, 15) is 19.5 Å². The van der Waals surface area contributed by atoms with Crippen molar-refractivity contribution >= 4 is 52.1 Å². The van der Waals surface area contributed by atoms with Crippen LogP contribution in [0.1, 0.15) is 49.6 Å². The Labute approximate surface area is 229 Å². The fourth-order valence-corrected chi connectivity index (χ4v) is 5.41. The van der Waals surface area contributed by atoms with Crippen molar-refractivity contribution in [2.24, 2.45) is 0 Å². The van der Waals surface area contributed by atoms with Gasteiger partial charge in [0.15, 0.2) is 5.01 Å². The summed E-state index contributed by atoms with van der Waals surface area (Å²) in [7, 11) is 1.68. The Balaban J connectivity index is 1.45. The quantitative estimate of drug-likeness (QED) is 0.330. The highest BCUT2D eigenvalue weighted by Gasteiger charge is 2.26. The van der Waals surface area contributed by atoms with E-state index in [4.69, 9.17) is 16.3 Å². The lowest BCUT2D eigenvalue weighted by atomic mass is 10.0. The summed E-state index contributed by atoms with van der Waals surface area (Å²) < 4.78 is 5.27. The molecule has 11 heteroatoms. The number of aromatic carboxylic acids is 1. The number of carbonyl (C=O) groups excluding carboxylic acids is 2. The summed E-state index contributed by atoms with van der Waals surface area (Å²) in [6.45, 7) is 4.27. The molecule has 3 aromatic rings.